The van der Waals surface area contributed by atoms with Crippen LogP contribution in [0.3, 0.4) is 0 Å². The third-order valence-electron chi connectivity index (χ3n) is 0.789. The fourth-order valence-corrected chi connectivity index (χ4v) is 0.250. The van der Waals surface area contributed by atoms with Crippen LogP contribution >= 0.6 is 0 Å². The first-order valence-electron chi connectivity index (χ1n) is 3.64. The highest BCUT2D eigenvalue weighted by Crippen LogP contribution is 1.66. The van der Waals surface area contributed by atoms with Crippen LogP contribution in [0.2, 0.25) is 0 Å². The average molecular weight is 129 g/mol. The lowest BCUT2D eigenvalue weighted by atomic mass is 10.5. The Labute approximate surface area is 59.2 Å². The summed E-state index contributed by atoms with van der Waals surface area (Å²) in [6.07, 6.45) is 2.96. The Morgan fingerprint density at radius 2 is 1.56 bits per heavy atom. The summed E-state index contributed by atoms with van der Waals surface area (Å²) in [5.74, 6) is 0. The summed E-state index contributed by atoms with van der Waals surface area (Å²) < 4.78 is 0. The Kier molecular flexibility index (Phi) is 20.0. The summed E-state index contributed by atoms with van der Waals surface area (Å²) in [6, 6.07) is 0. The minimum atomic E-state index is 1.08. The first-order valence-corrected chi connectivity index (χ1v) is 3.64. The van der Waals surface area contributed by atoms with Crippen molar-refractivity contribution in [2.24, 2.45) is 0 Å². The summed E-state index contributed by atoms with van der Waals surface area (Å²) in [4.78, 5) is 0. The molecule has 0 rings (SSSR count). The zero-order chi connectivity index (χ0) is 7.54. The Hall–Kier alpha value is -0.300. The van der Waals surface area contributed by atoms with Crippen LogP contribution in [0.25, 0.3) is 0 Å². The van der Waals surface area contributed by atoms with Crippen LogP contribution in [0, 0.1) is 0 Å². The highest BCUT2D eigenvalue weighted by molar-refractivity contribution is 4.60. The second-order valence-electron chi connectivity index (χ2n) is 1.65. The molecular formula is C8H19N. The van der Waals surface area contributed by atoms with Crippen molar-refractivity contribution >= 4 is 0 Å². The van der Waals surface area contributed by atoms with Crippen molar-refractivity contribution in [1.82, 2.24) is 5.32 Å². The molecule has 0 saturated carbocycles. The highest BCUT2D eigenvalue weighted by atomic mass is 14.8. The molecule has 0 aromatic heterocycles. The zero-order valence-electron chi connectivity index (χ0n) is 6.91. The standard InChI is InChI=1S/C4H11N.C4H8/c1-3-5-4-2;1-3-4-2/h5H,3-4H2,1-2H3;3H,1,4H2,2H3. The second-order valence-corrected chi connectivity index (χ2v) is 1.65. The molecule has 1 heteroatoms. The van der Waals surface area contributed by atoms with E-state index in [2.05, 4.69) is 32.7 Å². The van der Waals surface area contributed by atoms with E-state index in [1.807, 2.05) is 6.08 Å². The van der Waals surface area contributed by atoms with E-state index in [9.17, 15) is 0 Å². The Balaban J connectivity index is 0. The summed E-state index contributed by atoms with van der Waals surface area (Å²) in [7, 11) is 0. The van der Waals surface area contributed by atoms with E-state index in [1.165, 1.54) is 0 Å². The van der Waals surface area contributed by atoms with Crippen LogP contribution in [-0.2, 0) is 0 Å². The van der Waals surface area contributed by atoms with Crippen LogP contribution in [0.15, 0.2) is 12.7 Å². The summed E-state index contributed by atoms with van der Waals surface area (Å²) >= 11 is 0. The average Bonchev–Trinajstić information content (AvgIpc) is 1.91. The molecular weight excluding hydrogens is 110 g/mol. The number of hydrogen-bond donors (Lipinski definition) is 1. The normalized spacial score (nSPS) is 7.44. The number of allylic oxidation sites excluding steroid dienone is 1. The molecule has 1 N–H and O–H groups in total. The summed E-state index contributed by atoms with van der Waals surface area (Å²) in [6.45, 7) is 11.9. The monoisotopic (exact) mass is 129 g/mol. The minimum Gasteiger partial charge on any atom is -0.317 e. The Morgan fingerprint density at radius 1 is 1.22 bits per heavy atom. The zero-order valence-corrected chi connectivity index (χ0v) is 6.91. The third kappa shape index (κ3) is 34.3. The summed E-state index contributed by atoms with van der Waals surface area (Å²) in [5, 5.41) is 3.11. The molecule has 0 aliphatic carbocycles. The lowest BCUT2D eigenvalue weighted by Crippen LogP contribution is -2.09. The first-order chi connectivity index (χ1) is 4.33. The van der Waals surface area contributed by atoms with Gasteiger partial charge in [0, 0.05) is 0 Å². The van der Waals surface area contributed by atoms with Gasteiger partial charge in [-0.15, -0.1) is 6.58 Å². The predicted octanol–water partition coefficient (Wildman–Crippen LogP) is 2.20. The maximum absolute atomic E-state index is 3.48. The number of rotatable bonds is 3. The molecule has 0 radical (unpaired) electrons. The van der Waals surface area contributed by atoms with Gasteiger partial charge in [-0.2, -0.15) is 0 Å². The van der Waals surface area contributed by atoms with Gasteiger partial charge in [-0.1, -0.05) is 26.8 Å². The lowest BCUT2D eigenvalue weighted by molar-refractivity contribution is 0.762. The molecule has 0 aliphatic rings. The molecule has 1 nitrogen and oxygen atoms in total. The molecule has 0 heterocycles. The van der Waals surface area contributed by atoms with Gasteiger partial charge in [0.25, 0.3) is 0 Å². The molecule has 0 aromatic carbocycles. The van der Waals surface area contributed by atoms with Gasteiger partial charge in [0.15, 0.2) is 0 Å². The molecule has 0 atom stereocenters. The van der Waals surface area contributed by atoms with E-state index in [-0.39, 0.29) is 0 Å². The molecule has 0 aromatic rings. The van der Waals surface area contributed by atoms with Crippen LogP contribution in [0.5, 0.6) is 0 Å². The van der Waals surface area contributed by atoms with Crippen LogP contribution in [0.4, 0.5) is 0 Å². The maximum Gasteiger partial charge on any atom is -0.00775 e. The molecule has 0 amide bonds. The molecule has 0 saturated heterocycles. The van der Waals surface area contributed by atoms with Gasteiger partial charge in [-0.05, 0) is 19.5 Å². The van der Waals surface area contributed by atoms with Crippen molar-refractivity contribution in [3.8, 4) is 0 Å². The van der Waals surface area contributed by atoms with Crippen LogP contribution < -0.4 is 5.32 Å². The first kappa shape index (κ1) is 11.5. The minimum absolute atomic E-state index is 1.08. The van der Waals surface area contributed by atoms with Crippen LogP contribution in [0.1, 0.15) is 27.2 Å². The van der Waals surface area contributed by atoms with Gasteiger partial charge < -0.3 is 5.32 Å². The molecule has 0 fully saturated rings. The Morgan fingerprint density at radius 3 is 1.56 bits per heavy atom. The third-order valence-corrected chi connectivity index (χ3v) is 0.789. The van der Waals surface area contributed by atoms with Gasteiger partial charge in [0.1, 0.15) is 0 Å². The predicted molar refractivity (Wildman–Crippen MR) is 44.7 cm³/mol. The fraction of sp³-hybridized carbons (Fsp3) is 0.750. The molecule has 9 heavy (non-hydrogen) atoms. The molecule has 56 valence electrons. The molecule has 0 unspecified atom stereocenters. The van der Waals surface area contributed by atoms with Crippen molar-refractivity contribution in [3.05, 3.63) is 12.7 Å². The number of hydrogen-bond acceptors (Lipinski definition) is 1. The molecule has 0 spiro atoms. The van der Waals surface area contributed by atoms with Crippen LogP contribution in [-0.4, -0.2) is 13.1 Å². The summed E-state index contributed by atoms with van der Waals surface area (Å²) in [5.41, 5.74) is 0. The van der Waals surface area contributed by atoms with Gasteiger partial charge >= 0.3 is 0 Å². The van der Waals surface area contributed by atoms with Gasteiger partial charge in [-0.3, -0.25) is 0 Å². The van der Waals surface area contributed by atoms with E-state index in [0.29, 0.717) is 0 Å². The van der Waals surface area contributed by atoms with E-state index >= 15 is 0 Å². The van der Waals surface area contributed by atoms with Gasteiger partial charge in [-0.25, -0.2) is 0 Å². The second kappa shape index (κ2) is 15.6. The van der Waals surface area contributed by atoms with Crippen molar-refractivity contribution in [3.63, 3.8) is 0 Å². The van der Waals surface area contributed by atoms with Crippen molar-refractivity contribution in [1.29, 1.82) is 0 Å². The maximum atomic E-state index is 3.48. The highest BCUT2D eigenvalue weighted by Gasteiger charge is 1.62. The quantitative estimate of drug-likeness (QED) is 0.576. The largest absolute Gasteiger partial charge is 0.317 e. The van der Waals surface area contributed by atoms with Gasteiger partial charge in [0.2, 0.25) is 0 Å². The van der Waals surface area contributed by atoms with E-state index < -0.39 is 0 Å². The lowest BCUT2D eigenvalue weighted by Gasteiger charge is -1.86. The topological polar surface area (TPSA) is 12.0 Å². The fourth-order valence-electron chi connectivity index (χ4n) is 0.250. The SMILES string of the molecule is C=CCC.CCNCC. The Bertz CT molecular complexity index is 39.8. The van der Waals surface area contributed by atoms with Crippen molar-refractivity contribution in [2.75, 3.05) is 13.1 Å². The van der Waals surface area contributed by atoms with Crippen molar-refractivity contribution < 1.29 is 0 Å². The molecule has 0 bridgehead atoms. The van der Waals surface area contributed by atoms with E-state index in [0.717, 1.165) is 19.5 Å². The van der Waals surface area contributed by atoms with Crippen molar-refractivity contribution in [2.45, 2.75) is 27.2 Å². The molecule has 0 aliphatic heterocycles. The van der Waals surface area contributed by atoms with E-state index in [1.54, 1.807) is 0 Å². The smallest absolute Gasteiger partial charge is 0.00775 e. The van der Waals surface area contributed by atoms with Gasteiger partial charge in [0.05, 0.1) is 0 Å². The number of nitrogens with one attached hydrogen (secondary N) is 1. The van der Waals surface area contributed by atoms with E-state index in [4.69, 9.17) is 0 Å².